The van der Waals surface area contributed by atoms with Crippen molar-refractivity contribution in [3.05, 3.63) is 52.8 Å². The van der Waals surface area contributed by atoms with E-state index in [2.05, 4.69) is 15.5 Å². The van der Waals surface area contributed by atoms with E-state index in [1.54, 1.807) is 43.8 Å². The van der Waals surface area contributed by atoms with E-state index in [9.17, 15) is 4.79 Å². The number of halogens is 1. The van der Waals surface area contributed by atoms with E-state index in [1.807, 2.05) is 13.8 Å². The first-order valence-corrected chi connectivity index (χ1v) is 8.20. The zero-order chi connectivity index (χ0) is 18.2. The van der Waals surface area contributed by atoms with Crippen molar-refractivity contribution >= 4 is 23.7 Å². The number of ether oxygens (including phenoxy) is 2. The van der Waals surface area contributed by atoms with E-state index in [0.717, 1.165) is 6.42 Å². The molecule has 2 rings (SSSR count). The molecular weight excluding hydrogens is 342 g/mol. The largest absolute Gasteiger partial charge is 0.493 e. The smallest absolute Gasteiger partial charge is 0.271 e. The highest BCUT2D eigenvalue weighted by molar-refractivity contribution is 6.32. The lowest BCUT2D eigenvalue weighted by Gasteiger charge is -2.17. The number of pyridine rings is 1. The Morgan fingerprint density at radius 1 is 1.40 bits per heavy atom. The van der Waals surface area contributed by atoms with Crippen LogP contribution in [-0.4, -0.2) is 30.3 Å². The fraction of sp³-hybridized carbons (Fsp3) is 0.278. The summed E-state index contributed by atoms with van der Waals surface area (Å²) in [5.41, 5.74) is 3.59. The highest BCUT2D eigenvalue weighted by Crippen LogP contribution is 2.37. The Labute approximate surface area is 151 Å². The molecule has 0 saturated carbocycles. The molecule has 0 aliphatic carbocycles. The van der Waals surface area contributed by atoms with E-state index in [-0.39, 0.29) is 12.0 Å². The molecule has 1 amide bonds. The fourth-order valence-electron chi connectivity index (χ4n) is 1.95. The summed E-state index contributed by atoms with van der Waals surface area (Å²) in [6.07, 6.45) is 5.44. The van der Waals surface area contributed by atoms with Gasteiger partial charge in [0.05, 0.1) is 24.5 Å². The number of hydrogen-bond donors (Lipinski definition) is 1. The summed E-state index contributed by atoms with van der Waals surface area (Å²) in [4.78, 5) is 15.8. The Morgan fingerprint density at radius 3 is 2.76 bits per heavy atom. The highest BCUT2D eigenvalue weighted by Gasteiger charge is 2.14. The zero-order valence-electron chi connectivity index (χ0n) is 14.3. The molecule has 25 heavy (non-hydrogen) atoms. The van der Waals surface area contributed by atoms with Gasteiger partial charge in [0, 0.05) is 18.0 Å². The van der Waals surface area contributed by atoms with Gasteiger partial charge in [0.25, 0.3) is 5.91 Å². The molecule has 1 heterocycles. The van der Waals surface area contributed by atoms with Gasteiger partial charge in [-0.1, -0.05) is 18.5 Å². The van der Waals surface area contributed by atoms with Crippen LogP contribution in [-0.2, 0) is 0 Å². The van der Waals surface area contributed by atoms with Crippen molar-refractivity contribution in [3.63, 3.8) is 0 Å². The molecule has 0 spiro atoms. The molecule has 0 aliphatic heterocycles. The number of methoxy groups -OCH3 is 1. The minimum absolute atomic E-state index is 0.0190. The fourth-order valence-corrected chi connectivity index (χ4v) is 2.21. The molecule has 1 unspecified atom stereocenters. The average molecular weight is 362 g/mol. The van der Waals surface area contributed by atoms with Crippen molar-refractivity contribution in [3.8, 4) is 11.5 Å². The van der Waals surface area contributed by atoms with Crippen LogP contribution >= 0.6 is 11.6 Å². The molecule has 7 heteroatoms. The summed E-state index contributed by atoms with van der Waals surface area (Å²) in [6.45, 7) is 3.98. The molecule has 0 radical (unpaired) electrons. The predicted octanol–water partition coefficient (Wildman–Crippen LogP) is 3.68. The van der Waals surface area contributed by atoms with Gasteiger partial charge in [-0.15, -0.1) is 0 Å². The summed E-state index contributed by atoms with van der Waals surface area (Å²) in [6, 6.07) is 6.65. The van der Waals surface area contributed by atoms with Crippen LogP contribution in [0, 0.1) is 0 Å². The maximum absolute atomic E-state index is 11.9. The number of carbonyl (C=O) groups excluding carboxylic acids is 1. The van der Waals surface area contributed by atoms with Gasteiger partial charge < -0.3 is 9.47 Å². The second kappa shape index (κ2) is 9.03. The number of hydrazone groups is 1. The standard InChI is InChI=1S/C18H20ClN3O3/c1-4-12(2)25-17-15(19)9-13(10-16(17)24-3)11-21-22-18(23)14-5-7-20-8-6-14/h5-12H,4H2,1-3H3,(H,22,23). The van der Waals surface area contributed by atoms with Gasteiger partial charge >= 0.3 is 0 Å². The minimum Gasteiger partial charge on any atom is -0.493 e. The first kappa shape index (κ1) is 18.7. The number of nitrogens with zero attached hydrogens (tertiary/aromatic N) is 2. The molecule has 1 aromatic heterocycles. The lowest BCUT2D eigenvalue weighted by molar-refractivity contribution is 0.0955. The SMILES string of the molecule is CCC(C)Oc1c(Cl)cc(C=NNC(=O)c2ccncc2)cc1OC. The quantitative estimate of drug-likeness (QED) is 0.603. The Morgan fingerprint density at radius 2 is 2.12 bits per heavy atom. The van der Waals surface area contributed by atoms with Crippen molar-refractivity contribution < 1.29 is 14.3 Å². The monoisotopic (exact) mass is 361 g/mol. The summed E-state index contributed by atoms with van der Waals surface area (Å²) in [5, 5.41) is 4.36. The van der Waals surface area contributed by atoms with Gasteiger partial charge in [-0.3, -0.25) is 9.78 Å². The third-order valence-electron chi connectivity index (χ3n) is 3.47. The molecule has 1 atom stereocenters. The van der Waals surface area contributed by atoms with Crippen LogP contribution < -0.4 is 14.9 Å². The highest BCUT2D eigenvalue weighted by atomic mass is 35.5. The molecule has 0 bridgehead atoms. The van der Waals surface area contributed by atoms with Crippen LogP contribution in [0.25, 0.3) is 0 Å². The first-order valence-electron chi connectivity index (χ1n) is 7.82. The summed E-state index contributed by atoms with van der Waals surface area (Å²) >= 11 is 6.29. The number of benzene rings is 1. The molecule has 1 aromatic carbocycles. The average Bonchev–Trinajstić information content (AvgIpc) is 2.63. The molecule has 2 aromatic rings. The Kier molecular flexibility index (Phi) is 6.77. The van der Waals surface area contributed by atoms with Crippen molar-refractivity contribution in [1.82, 2.24) is 10.4 Å². The molecule has 1 N–H and O–H groups in total. The molecule has 6 nitrogen and oxygen atoms in total. The maximum atomic E-state index is 11.9. The topological polar surface area (TPSA) is 72.8 Å². The minimum atomic E-state index is -0.326. The normalized spacial score (nSPS) is 12.0. The number of rotatable bonds is 7. The van der Waals surface area contributed by atoms with Crippen LogP contribution in [0.1, 0.15) is 36.2 Å². The maximum Gasteiger partial charge on any atom is 0.271 e. The van der Waals surface area contributed by atoms with Gasteiger partial charge in [0.2, 0.25) is 0 Å². The Hall–Kier alpha value is -2.60. The number of amides is 1. The Bertz CT molecular complexity index is 751. The summed E-state index contributed by atoms with van der Waals surface area (Å²) in [5.74, 6) is 0.680. The number of nitrogens with one attached hydrogen (secondary N) is 1. The van der Waals surface area contributed by atoms with Crippen molar-refractivity contribution in [2.24, 2.45) is 5.10 Å². The van der Waals surface area contributed by atoms with Gasteiger partial charge in [-0.2, -0.15) is 5.10 Å². The van der Waals surface area contributed by atoms with E-state index in [0.29, 0.717) is 27.6 Å². The number of hydrogen-bond acceptors (Lipinski definition) is 5. The van der Waals surface area contributed by atoms with Crippen LogP contribution in [0.2, 0.25) is 5.02 Å². The van der Waals surface area contributed by atoms with Gasteiger partial charge in [-0.25, -0.2) is 5.43 Å². The van der Waals surface area contributed by atoms with Crippen LogP contribution in [0.15, 0.2) is 41.8 Å². The molecular formula is C18H20ClN3O3. The van der Waals surface area contributed by atoms with E-state index >= 15 is 0 Å². The van der Waals surface area contributed by atoms with Crippen molar-refractivity contribution in [1.29, 1.82) is 0 Å². The first-order chi connectivity index (χ1) is 12.0. The molecule has 0 aliphatic rings. The third kappa shape index (κ3) is 5.19. The van der Waals surface area contributed by atoms with Crippen molar-refractivity contribution in [2.45, 2.75) is 26.4 Å². The summed E-state index contributed by atoms with van der Waals surface area (Å²) < 4.78 is 11.1. The van der Waals surface area contributed by atoms with Gasteiger partial charge in [0.1, 0.15) is 0 Å². The van der Waals surface area contributed by atoms with Crippen LogP contribution in [0.5, 0.6) is 11.5 Å². The second-order valence-electron chi connectivity index (χ2n) is 5.31. The number of aromatic nitrogens is 1. The lowest BCUT2D eigenvalue weighted by Crippen LogP contribution is -2.17. The Balaban J connectivity index is 2.12. The van der Waals surface area contributed by atoms with Crippen LogP contribution in [0.4, 0.5) is 0 Å². The zero-order valence-corrected chi connectivity index (χ0v) is 15.1. The number of carbonyl (C=O) groups is 1. The van der Waals surface area contributed by atoms with E-state index in [1.165, 1.54) is 6.21 Å². The lowest BCUT2D eigenvalue weighted by atomic mass is 10.2. The second-order valence-corrected chi connectivity index (χ2v) is 5.71. The van der Waals surface area contributed by atoms with Crippen molar-refractivity contribution in [2.75, 3.05) is 7.11 Å². The van der Waals surface area contributed by atoms with E-state index in [4.69, 9.17) is 21.1 Å². The van der Waals surface area contributed by atoms with Gasteiger partial charge in [0.15, 0.2) is 11.5 Å². The summed E-state index contributed by atoms with van der Waals surface area (Å²) in [7, 11) is 1.54. The molecule has 0 fully saturated rings. The van der Waals surface area contributed by atoms with Gasteiger partial charge in [-0.05, 0) is 43.2 Å². The molecule has 0 saturated heterocycles. The molecule has 132 valence electrons. The predicted molar refractivity (Wildman–Crippen MR) is 97.7 cm³/mol. The van der Waals surface area contributed by atoms with E-state index < -0.39 is 0 Å². The van der Waals surface area contributed by atoms with Crippen LogP contribution in [0.3, 0.4) is 0 Å². The third-order valence-corrected chi connectivity index (χ3v) is 3.75.